The molecule has 0 atom stereocenters. The summed E-state index contributed by atoms with van der Waals surface area (Å²) >= 11 is 5.99. The zero-order chi connectivity index (χ0) is 14.7. The van der Waals surface area contributed by atoms with Crippen molar-refractivity contribution in [2.24, 2.45) is 0 Å². The zero-order valence-corrected chi connectivity index (χ0v) is 11.8. The van der Waals surface area contributed by atoms with Crippen molar-refractivity contribution in [3.63, 3.8) is 0 Å². The molecular weight excluding hydrogens is 291 g/mol. The van der Waals surface area contributed by atoms with E-state index >= 15 is 0 Å². The molecule has 3 rings (SSSR count). The van der Waals surface area contributed by atoms with Crippen molar-refractivity contribution in [3.8, 4) is 5.69 Å². The van der Waals surface area contributed by atoms with Crippen molar-refractivity contribution in [3.05, 3.63) is 71.3 Å². The van der Waals surface area contributed by atoms with Gasteiger partial charge in [0, 0.05) is 22.8 Å². The van der Waals surface area contributed by atoms with Crippen LogP contribution in [0.15, 0.2) is 54.9 Å². The van der Waals surface area contributed by atoms with E-state index in [1.807, 2.05) is 24.3 Å². The van der Waals surface area contributed by atoms with Crippen molar-refractivity contribution < 1.29 is 4.39 Å². The van der Waals surface area contributed by atoms with Gasteiger partial charge in [-0.1, -0.05) is 17.7 Å². The van der Waals surface area contributed by atoms with Gasteiger partial charge >= 0.3 is 0 Å². The predicted molar refractivity (Wildman–Crippen MR) is 80.1 cm³/mol. The zero-order valence-electron chi connectivity index (χ0n) is 11.0. The largest absolute Gasteiger partial charge is 0.381 e. The van der Waals surface area contributed by atoms with Gasteiger partial charge in [0.15, 0.2) is 0 Å². The summed E-state index contributed by atoms with van der Waals surface area (Å²) in [5.74, 6) is -0.313. The average Bonchev–Trinajstić information content (AvgIpc) is 3.02. The molecule has 0 unspecified atom stereocenters. The van der Waals surface area contributed by atoms with Crippen molar-refractivity contribution in [1.82, 2.24) is 15.0 Å². The van der Waals surface area contributed by atoms with E-state index in [0.29, 0.717) is 17.1 Å². The first-order valence-electron chi connectivity index (χ1n) is 6.37. The molecule has 0 aliphatic carbocycles. The van der Waals surface area contributed by atoms with Gasteiger partial charge in [0.05, 0.1) is 18.1 Å². The van der Waals surface area contributed by atoms with Crippen LogP contribution in [0.5, 0.6) is 0 Å². The Morgan fingerprint density at radius 1 is 1.05 bits per heavy atom. The maximum absolute atomic E-state index is 13.7. The van der Waals surface area contributed by atoms with Gasteiger partial charge in [0.1, 0.15) is 5.82 Å². The van der Waals surface area contributed by atoms with Gasteiger partial charge in [0.25, 0.3) is 0 Å². The molecule has 1 N–H and O–H groups in total. The number of hydrogen-bond acceptors (Lipinski definition) is 3. The van der Waals surface area contributed by atoms with E-state index in [4.69, 9.17) is 11.6 Å². The molecule has 21 heavy (non-hydrogen) atoms. The molecule has 1 aromatic heterocycles. The van der Waals surface area contributed by atoms with E-state index in [2.05, 4.69) is 15.5 Å². The number of aromatic nitrogens is 3. The maximum atomic E-state index is 13.7. The maximum Gasteiger partial charge on any atom is 0.129 e. The van der Waals surface area contributed by atoms with Crippen LogP contribution in [-0.2, 0) is 6.54 Å². The molecule has 0 radical (unpaired) electrons. The Morgan fingerprint density at radius 3 is 2.43 bits per heavy atom. The fourth-order valence-corrected chi connectivity index (χ4v) is 2.18. The molecule has 0 aliphatic rings. The number of rotatable bonds is 4. The normalized spacial score (nSPS) is 10.6. The predicted octanol–water partition coefficient (Wildman–Crippen LogP) is 3.67. The van der Waals surface area contributed by atoms with Crippen molar-refractivity contribution in [2.45, 2.75) is 6.54 Å². The topological polar surface area (TPSA) is 42.7 Å². The lowest BCUT2D eigenvalue weighted by molar-refractivity contribution is 0.613. The smallest absolute Gasteiger partial charge is 0.129 e. The Kier molecular flexibility index (Phi) is 3.83. The highest BCUT2D eigenvalue weighted by molar-refractivity contribution is 6.31. The molecule has 4 nitrogen and oxygen atoms in total. The summed E-state index contributed by atoms with van der Waals surface area (Å²) in [4.78, 5) is 1.53. The standard InChI is InChI=1S/C15H12ClFN4/c16-14-2-1-3-15(17)13(14)10-18-11-4-6-12(7-5-11)21-19-8-9-20-21/h1-9,18H,10H2. The monoisotopic (exact) mass is 302 g/mol. The Balaban J connectivity index is 1.71. The van der Waals surface area contributed by atoms with Gasteiger partial charge in [-0.3, -0.25) is 0 Å². The molecule has 0 fully saturated rings. The van der Waals surface area contributed by atoms with Gasteiger partial charge in [-0.25, -0.2) is 4.39 Å². The second kappa shape index (κ2) is 5.93. The van der Waals surface area contributed by atoms with E-state index in [9.17, 15) is 4.39 Å². The van der Waals surface area contributed by atoms with E-state index < -0.39 is 0 Å². The minimum absolute atomic E-state index is 0.313. The SMILES string of the molecule is Fc1cccc(Cl)c1CNc1ccc(-n2nccn2)cc1. The minimum Gasteiger partial charge on any atom is -0.381 e. The third-order valence-corrected chi connectivity index (χ3v) is 3.40. The highest BCUT2D eigenvalue weighted by Crippen LogP contribution is 2.20. The number of hydrogen-bond donors (Lipinski definition) is 1. The summed E-state index contributed by atoms with van der Waals surface area (Å²) < 4.78 is 13.7. The average molecular weight is 303 g/mol. The second-order valence-electron chi connectivity index (χ2n) is 4.42. The summed E-state index contributed by atoms with van der Waals surface area (Å²) in [6.07, 6.45) is 3.23. The lowest BCUT2D eigenvalue weighted by atomic mass is 10.2. The Hall–Kier alpha value is -2.40. The summed E-state index contributed by atoms with van der Waals surface area (Å²) in [5.41, 5.74) is 2.18. The van der Waals surface area contributed by atoms with Crippen LogP contribution in [0, 0.1) is 5.82 Å². The number of halogens is 2. The molecule has 0 bridgehead atoms. The van der Waals surface area contributed by atoms with Crippen molar-refractivity contribution in [2.75, 3.05) is 5.32 Å². The quantitative estimate of drug-likeness (QED) is 0.799. The van der Waals surface area contributed by atoms with Crippen LogP contribution >= 0.6 is 11.6 Å². The number of anilines is 1. The van der Waals surface area contributed by atoms with Crippen LogP contribution in [0.2, 0.25) is 5.02 Å². The highest BCUT2D eigenvalue weighted by Gasteiger charge is 2.06. The van der Waals surface area contributed by atoms with Crippen LogP contribution in [0.3, 0.4) is 0 Å². The van der Waals surface area contributed by atoms with Gasteiger partial charge < -0.3 is 5.32 Å². The Bertz CT molecular complexity index is 706. The molecule has 106 valence electrons. The molecule has 0 spiro atoms. The first-order chi connectivity index (χ1) is 10.2. The van der Waals surface area contributed by atoms with Crippen molar-refractivity contribution in [1.29, 1.82) is 0 Å². The summed E-state index contributed by atoms with van der Waals surface area (Å²) in [7, 11) is 0. The molecule has 0 aliphatic heterocycles. The molecule has 3 aromatic rings. The Morgan fingerprint density at radius 2 is 1.76 bits per heavy atom. The third-order valence-electron chi connectivity index (χ3n) is 3.05. The highest BCUT2D eigenvalue weighted by atomic mass is 35.5. The second-order valence-corrected chi connectivity index (χ2v) is 4.83. The third kappa shape index (κ3) is 3.03. The first kappa shape index (κ1) is 13.6. The summed E-state index contributed by atoms with van der Waals surface area (Å²) in [5, 5.41) is 11.7. The summed E-state index contributed by atoms with van der Waals surface area (Å²) in [6, 6.07) is 12.2. The van der Waals surface area contributed by atoms with Crippen LogP contribution in [0.25, 0.3) is 5.69 Å². The van der Waals surface area contributed by atoms with Crippen LogP contribution < -0.4 is 5.32 Å². The van der Waals surface area contributed by atoms with Gasteiger partial charge in [-0.2, -0.15) is 15.0 Å². The molecular formula is C15H12ClFN4. The van der Waals surface area contributed by atoms with Gasteiger partial charge in [-0.15, -0.1) is 0 Å². The first-order valence-corrected chi connectivity index (χ1v) is 6.75. The van der Waals surface area contributed by atoms with Crippen LogP contribution in [-0.4, -0.2) is 15.0 Å². The molecule has 0 amide bonds. The molecule has 0 saturated carbocycles. The van der Waals surface area contributed by atoms with E-state index in [1.165, 1.54) is 10.9 Å². The van der Waals surface area contributed by atoms with Crippen molar-refractivity contribution >= 4 is 17.3 Å². The molecule has 1 heterocycles. The lowest BCUT2D eigenvalue weighted by Crippen LogP contribution is -2.03. The fraction of sp³-hybridized carbons (Fsp3) is 0.0667. The molecule has 6 heteroatoms. The minimum atomic E-state index is -0.313. The van der Waals surface area contributed by atoms with E-state index in [1.54, 1.807) is 24.5 Å². The van der Waals surface area contributed by atoms with E-state index in [-0.39, 0.29) is 5.82 Å². The number of nitrogens with zero attached hydrogens (tertiary/aromatic N) is 3. The summed E-state index contributed by atoms with van der Waals surface area (Å²) in [6.45, 7) is 0.324. The molecule has 0 saturated heterocycles. The lowest BCUT2D eigenvalue weighted by Gasteiger charge is -2.09. The fourth-order valence-electron chi connectivity index (χ4n) is 1.95. The van der Waals surface area contributed by atoms with Gasteiger partial charge in [-0.05, 0) is 36.4 Å². The Labute approximate surface area is 126 Å². The molecule has 2 aromatic carbocycles. The number of benzene rings is 2. The van der Waals surface area contributed by atoms with E-state index in [0.717, 1.165) is 11.4 Å². The van der Waals surface area contributed by atoms with Crippen LogP contribution in [0.4, 0.5) is 10.1 Å². The number of nitrogens with one attached hydrogen (secondary N) is 1. The van der Waals surface area contributed by atoms with Gasteiger partial charge in [0.2, 0.25) is 0 Å². The van der Waals surface area contributed by atoms with Crippen LogP contribution in [0.1, 0.15) is 5.56 Å².